The fourth-order valence-electron chi connectivity index (χ4n) is 1.97. The van der Waals surface area contributed by atoms with Gasteiger partial charge in [-0.3, -0.25) is 0 Å². The molecule has 2 aromatic rings. The van der Waals surface area contributed by atoms with Crippen LogP contribution in [0.15, 0.2) is 22.8 Å². The van der Waals surface area contributed by atoms with Gasteiger partial charge in [0.15, 0.2) is 4.60 Å². The van der Waals surface area contributed by atoms with Crippen molar-refractivity contribution in [1.29, 1.82) is 0 Å². The number of hydrogen-bond donors (Lipinski definition) is 1. The number of aromatic nitrogens is 3. The van der Waals surface area contributed by atoms with E-state index in [0.717, 1.165) is 17.8 Å². The molecule has 7 heteroatoms. The van der Waals surface area contributed by atoms with Gasteiger partial charge in [-0.25, -0.2) is 4.68 Å². The van der Waals surface area contributed by atoms with E-state index in [2.05, 4.69) is 31.6 Å². The Morgan fingerprint density at radius 2 is 2.00 bits per heavy atom. The molecule has 1 N–H and O–H groups in total. The monoisotopic (exact) mass is 362 g/mol. The average Bonchev–Trinajstić information content (AvgIpc) is 2.68. The van der Waals surface area contributed by atoms with E-state index in [-0.39, 0.29) is 6.04 Å². The Morgan fingerprint density at radius 3 is 2.47 bits per heavy atom. The molecule has 102 valence electrons. The fourth-order valence-corrected chi connectivity index (χ4v) is 3.14. The van der Waals surface area contributed by atoms with Crippen LogP contribution in [-0.2, 0) is 7.05 Å². The molecule has 0 fully saturated rings. The molecule has 19 heavy (non-hydrogen) atoms. The molecule has 0 spiro atoms. The van der Waals surface area contributed by atoms with E-state index in [1.54, 1.807) is 4.68 Å². The Balaban J connectivity index is 2.58. The maximum absolute atomic E-state index is 6.29. The minimum absolute atomic E-state index is 0.166. The minimum atomic E-state index is -0.166. The lowest BCUT2D eigenvalue weighted by atomic mass is 10.0. The maximum atomic E-state index is 6.29. The molecule has 0 saturated carbocycles. The molecule has 0 radical (unpaired) electrons. The van der Waals surface area contributed by atoms with E-state index in [4.69, 9.17) is 23.2 Å². The molecule has 0 bridgehead atoms. The number of benzene rings is 1. The van der Waals surface area contributed by atoms with Gasteiger partial charge >= 0.3 is 0 Å². The Bertz CT molecular complexity index is 545. The largest absolute Gasteiger partial charge is 0.305 e. The van der Waals surface area contributed by atoms with Crippen molar-refractivity contribution in [3.8, 4) is 0 Å². The second-order valence-corrected chi connectivity index (χ2v) is 5.58. The summed E-state index contributed by atoms with van der Waals surface area (Å²) in [6, 6.07) is 5.31. The van der Waals surface area contributed by atoms with Crippen molar-refractivity contribution in [3.05, 3.63) is 44.1 Å². The highest BCUT2D eigenvalue weighted by Gasteiger charge is 2.25. The maximum Gasteiger partial charge on any atom is 0.153 e. The quantitative estimate of drug-likeness (QED) is 0.902. The minimum Gasteiger partial charge on any atom is -0.305 e. The molecular weight excluding hydrogens is 351 g/mol. The van der Waals surface area contributed by atoms with Crippen molar-refractivity contribution in [3.63, 3.8) is 0 Å². The van der Waals surface area contributed by atoms with Crippen LogP contribution in [0.5, 0.6) is 0 Å². The van der Waals surface area contributed by atoms with Gasteiger partial charge in [0.1, 0.15) is 0 Å². The summed E-state index contributed by atoms with van der Waals surface area (Å²) in [5, 5.41) is 12.6. The van der Waals surface area contributed by atoms with Crippen LogP contribution in [0.3, 0.4) is 0 Å². The Labute approximate surface area is 130 Å². The summed E-state index contributed by atoms with van der Waals surface area (Å²) in [4.78, 5) is 0. The number of nitrogens with zero attached hydrogens (tertiary/aromatic N) is 3. The van der Waals surface area contributed by atoms with Crippen molar-refractivity contribution in [2.75, 3.05) is 6.54 Å². The molecule has 0 aliphatic rings. The molecule has 2 rings (SSSR count). The zero-order valence-corrected chi connectivity index (χ0v) is 13.6. The summed E-state index contributed by atoms with van der Waals surface area (Å²) < 4.78 is 2.38. The predicted octanol–water partition coefficient (Wildman–Crippen LogP) is 3.58. The van der Waals surface area contributed by atoms with Gasteiger partial charge in [-0.15, -0.1) is 5.10 Å². The van der Waals surface area contributed by atoms with Crippen molar-refractivity contribution < 1.29 is 0 Å². The molecule has 1 aromatic heterocycles. The SMILES string of the molecule is CCNC(c1c(Cl)cccc1Cl)c1c(Br)nnn1C. The highest BCUT2D eigenvalue weighted by molar-refractivity contribution is 9.10. The van der Waals surface area contributed by atoms with Gasteiger partial charge in [0.25, 0.3) is 0 Å². The van der Waals surface area contributed by atoms with E-state index >= 15 is 0 Å². The van der Waals surface area contributed by atoms with Gasteiger partial charge in [-0.05, 0) is 34.6 Å². The van der Waals surface area contributed by atoms with Crippen molar-refractivity contribution in [2.24, 2.45) is 7.05 Å². The Hall–Kier alpha value is -0.620. The van der Waals surface area contributed by atoms with Crippen molar-refractivity contribution in [1.82, 2.24) is 20.3 Å². The summed E-state index contributed by atoms with van der Waals surface area (Å²) in [6.07, 6.45) is 0. The predicted molar refractivity (Wildman–Crippen MR) is 80.7 cm³/mol. The molecule has 1 unspecified atom stereocenters. The topological polar surface area (TPSA) is 42.7 Å². The second kappa shape index (κ2) is 6.22. The first-order chi connectivity index (χ1) is 9.06. The van der Waals surface area contributed by atoms with Gasteiger partial charge in [-0.2, -0.15) is 0 Å². The van der Waals surface area contributed by atoms with E-state index in [1.807, 2.05) is 32.2 Å². The molecule has 1 atom stereocenters. The summed E-state index contributed by atoms with van der Waals surface area (Å²) in [5.41, 5.74) is 1.72. The summed E-state index contributed by atoms with van der Waals surface area (Å²) in [5.74, 6) is 0. The van der Waals surface area contributed by atoms with Crippen LogP contribution in [0.1, 0.15) is 24.2 Å². The molecule has 4 nitrogen and oxygen atoms in total. The Morgan fingerprint density at radius 1 is 1.37 bits per heavy atom. The summed E-state index contributed by atoms with van der Waals surface area (Å²) >= 11 is 16.0. The average molecular weight is 364 g/mol. The first-order valence-corrected chi connectivity index (χ1v) is 7.33. The molecule has 0 saturated heterocycles. The van der Waals surface area contributed by atoms with Gasteiger partial charge in [0.05, 0.1) is 11.7 Å². The fraction of sp³-hybridized carbons (Fsp3) is 0.333. The number of rotatable bonds is 4. The van der Waals surface area contributed by atoms with Gasteiger partial charge < -0.3 is 5.32 Å². The first kappa shape index (κ1) is 14.8. The summed E-state index contributed by atoms with van der Waals surface area (Å²) in [7, 11) is 1.84. The van der Waals surface area contributed by atoms with Crippen LogP contribution in [0.25, 0.3) is 0 Å². The smallest absolute Gasteiger partial charge is 0.153 e. The lowest BCUT2D eigenvalue weighted by molar-refractivity contribution is 0.567. The van der Waals surface area contributed by atoms with Crippen molar-refractivity contribution in [2.45, 2.75) is 13.0 Å². The highest BCUT2D eigenvalue weighted by atomic mass is 79.9. The van der Waals surface area contributed by atoms with Crippen LogP contribution >= 0.6 is 39.1 Å². The molecule has 0 aliphatic heterocycles. The van der Waals surface area contributed by atoms with Crippen LogP contribution in [0.2, 0.25) is 10.0 Å². The number of aryl methyl sites for hydroxylation is 1. The third-order valence-corrected chi connectivity index (χ3v) is 4.02. The van der Waals surface area contributed by atoms with Gasteiger partial charge in [0, 0.05) is 22.7 Å². The zero-order chi connectivity index (χ0) is 14.0. The van der Waals surface area contributed by atoms with Crippen molar-refractivity contribution >= 4 is 39.1 Å². The standard InChI is InChI=1S/C12H13BrCl2N4/c1-3-16-10(11-12(13)17-18-19(11)2)9-7(14)5-4-6-8(9)15/h4-6,10,16H,3H2,1-2H3. The molecule has 0 amide bonds. The van der Waals surface area contributed by atoms with E-state index in [0.29, 0.717) is 14.6 Å². The van der Waals surface area contributed by atoms with E-state index in [9.17, 15) is 0 Å². The summed E-state index contributed by atoms with van der Waals surface area (Å²) in [6.45, 7) is 2.79. The third-order valence-electron chi connectivity index (χ3n) is 2.80. The zero-order valence-electron chi connectivity index (χ0n) is 10.5. The van der Waals surface area contributed by atoms with Gasteiger partial charge in [0.2, 0.25) is 0 Å². The third kappa shape index (κ3) is 2.94. The first-order valence-electron chi connectivity index (χ1n) is 5.78. The lowest BCUT2D eigenvalue weighted by Crippen LogP contribution is -2.25. The van der Waals surface area contributed by atoms with Gasteiger partial charge in [-0.1, -0.05) is 41.4 Å². The van der Waals surface area contributed by atoms with Crippen LogP contribution in [0.4, 0.5) is 0 Å². The molecule has 1 aromatic carbocycles. The van der Waals surface area contributed by atoms with E-state index < -0.39 is 0 Å². The van der Waals surface area contributed by atoms with E-state index in [1.165, 1.54) is 0 Å². The van der Waals surface area contributed by atoms with Crippen LogP contribution in [-0.4, -0.2) is 21.5 Å². The van der Waals surface area contributed by atoms with Crippen LogP contribution < -0.4 is 5.32 Å². The Kier molecular flexibility index (Phi) is 4.84. The number of nitrogens with one attached hydrogen (secondary N) is 1. The number of halogens is 3. The molecular formula is C12H13BrCl2N4. The molecule has 1 heterocycles. The highest BCUT2D eigenvalue weighted by Crippen LogP contribution is 2.35. The number of hydrogen-bond acceptors (Lipinski definition) is 3. The molecule has 0 aliphatic carbocycles. The normalized spacial score (nSPS) is 12.7. The lowest BCUT2D eigenvalue weighted by Gasteiger charge is -2.21. The van der Waals surface area contributed by atoms with Crippen LogP contribution in [0, 0.1) is 0 Å². The second-order valence-electron chi connectivity index (χ2n) is 4.02.